The molecule has 0 amide bonds. The zero-order valence-corrected chi connectivity index (χ0v) is 13.7. The van der Waals surface area contributed by atoms with E-state index < -0.39 is 5.85 Å². The van der Waals surface area contributed by atoms with Crippen LogP contribution in [0.4, 0.5) is 11.4 Å². The Kier molecular flexibility index (Phi) is 2.55. The highest BCUT2D eigenvalue weighted by Gasteiger charge is 2.45. The Bertz CT molecular complexity index is 947. The van der Waals surface area contributed by atoms with Gasteiger partial charge in [0.25, 0.3) is 5.85 Å². The quantitative estimate of drug-likeness (QED) is 0.608. The van der Waals surface area contributed by atoms with E-state index in [-0.39, 0.29) is 0 Å². The van der Waals surface area contributed by atoms with Crippen molar-refractivity contribution in [1.82, 2.24) is 0 Å². The van der Waals surface area contributed by atoms with Gasteiger partial charge in [-0.25, -0.2) is 0 Å². The summed E-state index contributed by atoms with van der Waals surface area (Å²) in [5.41, 5.74) is 3.48. The highest BCUT2D eigenvalue weighted by Crippen LogP contribution is 2.47. The van der Waals surface area contributed by atoms with E-state index in [9.17, 15) is 0 Å². The molecule has 2 aliphatic rings. The van der Waals surface area contributed by atoms with Crippen molar-refractivity contribution in [2.75, 3.05) is 23.9 Å². The molecule has 0 atom stereocenters. The summed E-state index contributed by atoms with van der Waals surface area (Å²) in [7, 11) is 4.19. The van der Waals surface area contributed by atoms with Gasteiger partial charge in [0.1, 0.15) is 5.75 Å². The highest BCUT2D eigenvalue weighted by atomic mass is 16.5. The van der Waals surface area contributed by atoms with Crippen molar-refractivity contribution in [3.8, 4) is 5.75 Å². The highest BCUT2D eigenvalue weighted by molar-refractivity contribution is 6.06. The smallest absolute Gasteiger partial charge is 0.284 e. The Morgan fingerprint density at radius 1 is 0.792 bits per heavy atom. The molecule has 0 aliphatic carbocycles. The third-order valence-electron chi connectivity index (χ3n) is 5.20. The Morgan fingerprint density at radius 2 is 1.46 bits per heavy atom. The molecule has 0 unspecified atom stereocenters. The fourth-order valence-corrected chi connectivity index (χ4v) is 3.90. The number of benzene rings is 3. The molecule has 5 rings (SSSR count). The standard InChI is InChI=1S/C21H18N2O/c1-22-17-10-5-8-16-9-6-11-18(20(16)17)23(2)21(22)14-13-15-7-3-4-12-19(15)24-21/h3-14H,1-2H3. The SMILES string of the molecule is CN1c2cccc3cccc(c23)N(C)C12C=Cc1ccccc1O2. The second-order valence-electron chi connectivity index (χ2n) is 6.40. The summed E-state index contributed by atoms with van der Waals surface area (Å²) in [5.74, 6) is 0.252. The minimum Gasteiger partial charge on any atom is -0.445 e. The van der Waals surface area contributed by atoms with Crippen LogP contribution in [-0.2, 0) is 0 Å². The van der Waals surface area contributed by atoms with Crippen molar-refractivity contribution in [1.29, 1.82) is 0 Å². The van der Waals surface area contributed by atoms with Gasteiger partial charge >= 0.3 is 0 Å². The molecular formula is C21H18N2O. The Hall–Kier alpha value is -2.94. The molecule has 0 fully saturated rings. The van der Waals surface area contributed by atoms with Crippen LogP contribution in [0.3, 0.4) is 0 Å². The molecule has 0 bridgehead atoms. The largest absolute Gasteiger partial charge is 0.445 e. The first-order chi connectivity index (χ1) is 11.7. The molecule has 0 aromatic heterocycles. The lowest BCUT2D eigenvalue weighted by Crippen LogP contribution is -2.63. The van der Waals surface area contributed by atoms with Crippen molar-refractivity contribution in [3.63, 3.8) is 0 Å². The third kappa shape index (κ3) is 1.56. The molecule has 2 aliphatic heterocycles. The molecule has 1 spiro atoms. The Labute approximate surface area is 141 Å². The van der Waals surface area contributed by atoms with E-state index in [2.05, 4.69) is 78.5 Å². The molecule has 3 aromatic carbocycles. The van der Waals surface area contributed by atoms with E-state index in [1.165, 1.54) is 22.1 Å². The Balaban J connectivity index is 1.76. The first kappa shape index (κ1) is 13.5. The van der Waals surface area contributed by atoms with Crippen molar-refractivity contribution in [2.45, 2.75) is 5.85 Å². The lowest BCUT2D eigenvalue weighted by molar-refractivity contribution is 0.117. The zero-order chi connectivity index (χ0) is 16.3. The average molecular weight is 314 g/mol. The minimum absolute atomic E-state index is 0.656. The van der Waals surface area contributed by atoms with Gasteiger partial charge < -0.3 is 14.5 Å². The molecular weight excluding hydrogens is 296 g/mol. The minimum atomic E-state index is -0.656. The van der Waals surface area contributed by atoms with E-state index >= 15 is 0 Å². The average Bonchev–Trinajstić information content (AvgIpc) is 2.64. The maximum atomic E-state index is 6.54. The molecule has 3 heteroatoms. The van der Waals surface area contributed by atoms with Gasteiger partial charge in [-0.2, -0.15) is 0 Å². The number of para-hydroxylation sites is 1. The number of hydrogen-bond acceptors (Lipinski definition) is 3. The third-order valence-corrected chi connectivity index (χ3v) is 5.20. The van der Waals surface area contributed by atoms with Crippen LogP contribution in [0.15, 0.2) is 66.7 Å². The van der Waals surface area contributed by atoms with Crippen molar-refractivity contribution >= 4 is 28.2 Å². The molecule has 118 valence electrons. The normalized spacial score (nSPS) is 17.1. The summed E-state index contributed by atoms with van der Waals surface area (Å²) in [5, 5.41) is 2.52. The van der Waals surface area contributed by atoms with Crippen LogP contribution in [0.1, 0.15) is 5.56 Å². The molecule has 3 nitrogen and oxygen atoms in total. The molecule has 0 saturated heterocycles. The van der Waals surface area contributed by atoms with Gasteiger partial charge in [0.05, 0.1) is 11.4 Å². The van der Waals surface area contributed by atoms with Gasteiger partial charge in [0, 0.05) is 31.1 Å². The molecule has 24 heavy (non-hydrogen) atoms. The molecule has 3 aromatic rings. The lowest BCUT2D eigenvalue weighted by atomic mass is 9.99. The predicted molar refractivity (Wildman–Crippen MR) is 99.6 cm³/mol. The number of likely N-dealkylation sites (N-methyl/N-ethyl adjacent to an activating group) is 2. The van der Waals surface area contributed by atoms with Gasteiger partial charge in [0.2, 0.25) is 0 Å². The van der Waals surface area contributed by atoms with Gasteiger partial charge in [-0.1, -0.05) is 42.5 Å². The molecule has 0 radical (unpaired) electrons. The van der Waals surface area contributed by atoms with Crippen molar-refractivity contribution in [2.24, 2.45) is 0 Å². The Morgan fingerprint density at radius 3 is 2.17 bits per heavy atom. The van der Waals surface area contributed by atoms with Gasteiger partial charge in [-0.15, -0.1) is 0 Å². The maximum absolute atomic E-state index is 6.54. The zero-order valence-electron chi connectivity index (χ0n) is 13.7. The summed E-state index contributed by atoms with van der Waals surface area (Å²) >= 11 is 0. The fraction of sp³-hybridized carbons (Fsp3) is 0.143. The van der Waals surface area contributed by atoms with Crippen LogP contribution in [0.2, 0.25) is 0 Å². The summed E-state index contributed by atoms with van der Waals surface area (Å²) in [6.45, 7) is 0. The monoisotopic (exact) mass is 314 g/mol. The number of hydrogen-bond donors (Lipinski definition) is 0. The number of rotatable bonds is 0. The first-order valence-corrected chi connectivity index (χ1v) is 8.17. The van der Waals surface area contributed by atoms with Crippen LogP contribution >= 0.6 is 0 Å². The summed E-state index contributed by atoms with van der Waals surface area (Å²) in [6, 6.07) is 21.0. The maximum Gasteiger partial charge on any atom is 0.284 e. The fourth-order valence-electron chi connectivity index (χ4n) is 3.90. The second kappa shape index (κ2) is 4.54. The molecule has 0 N–H and O–H groups in total. The van der Waals surface area contributed by atoms with E-state index in [1.807, 2.05) is 18.2 Å². The lowest BCUT2D eigenvalue weighted by Gasteiger charge is -2.51. The second-order valence-corrected chi connectivity index (χ2v) is 6.40. The van der Waals surface area contributed by atoms with Gasteiger partial charge in [0.15, 0.2) is 0 Å². The number of ether oxygens (including phenoxy) is 1. The van der Waals surface area contributed by atoms with E-state index in [0.29, 0.717) is 0 Å². The van der Waals surface area contributed by atoms with E-state index in [0.717, 1.165) is 11.3 Å². The van der Waals surface area contributed by atoms with Crippen molar-refractivity contribution < 1.29 is 4.74 Å². The predicted octanol–water partition coefficient (Wildman–Crippen LogP) is 4.49. The van der Waals surface area contributed by atoms with Gasteiger partial charge in [-0.05, 0) is 29.7 Å². The first-order valence-electron chi connectivity index (χ1n) is 8.17. The molecule has 2 heterocycles. The number of fused-ring (bicyclic) bond motifs is 1. The number of nitrogens with zero attached hydrogens (tertiary/aromatic N) is 2. The summed E-state index contributed by atoms with van der Waals surface area (Å²) in [4.78, 5) is 4.43. The van der Waals surface area contributed by atoms with E-state index in [4.69, 9.17) is 4.74 Å². The van der Waals surface area contributed by atoms with Crippen LogP contribution < -0.4 is 14.5 Å². The summed E-state index contributed by atoms with van der Waals surface area (Å²) in [6.07, 6.45) is 4.30. The van der Waals surface area contributed by atoms with Gasteiger partial charge in [-0.3, -0.25) is 0 Å². The topological polar surface area (TPSA) is 15.7 Å². The van der Waals surface area contributed by atoms with E-state index in [1.54, 1.807) is 0 Å². The molecule has 0 saturated carbocycles. The van der Waals surface area contributed by atoms with Crippen LogP contribution in [0.5, 0.6) is 5.75 Å². The number of anilines is 2. The van der Waals surface area contributed by atoms with Crippen molar-refractivity contribution in [3.05, 3.63) is 72.3 Å². The van der Waals surface area contributed by atoms with Crippen LogP contribution in [0, 0.1) is 0 Å². The summed E-state index contributed by atoms with van der Waals surface area (Å²) < 4.78 is 6.54. The van der Waals surface area contributed by atoms with Crippen LogP contribution in [-0.4, -0.2) is 19.9 Å². The van der Waals surface area contributed by atoms with Crippen LogP contribution in [0.25, 0.3) is 16.8 Å².